The first-order chi connectivity index (χ1) is 8.49. The van der Waals surface area contributed by atoms with E-state index in [0.717, 1.165) is 0 Å². The molecule has 0 saturated heterocycles. The Hall–Kier alpha value is -0.364. The van der Waals surface area contributed by atoms with Crippen LogP contribution in [0.4, 0.5) is 5.69 Å². The normalized spacial score (nSPS) is 8.84. The van der Waals surface area contributed by atoms with Crippen LogP contribution < -0.4 is 67.0 Å². The first kappa shape index (κ1) is 18.6. The number of nitrogens with zero attached hydrogens (tertiary/aromatic N) is 1. The van der Waals surface area contributed by atoms with Crippen molar-refractivity contribution in [1.82, 2.24) is 10.9 Å². The molecular formula is C9H8KN3O4S2. The van der Waals surface area contributed by atoms with Crippen molar-refractivity contribution in [3.05, 3.63) is 34.4 Å². The third-order valence-corrected chi connectivity index (χ3v) is 1.91. The van der Waals surface area contributed by atoms with Gasteiger partial charge in [0.05, 0.1) is 11.0 Å². The molecule has 96 valence electrons. The molecule has 0 spiro atoms. The number of non-ortho nitro benzene ring substituents is 1. The molecule has 19 heavy (non-hydrogen) atoms. The van der Waals surface area contributed by atoms with Crippen LogP contribution in [0.25, 0.3) is 0 Å². The van der Waals surface area contributed by atoms with Crippen LogP contribution >= 0.6 is 12.2 Å². The number of nitro groups is 1. The monoisotopic (exact) mass is 325 g/mol. The maximum atomic E-state index is 11.2. The Morgan fingerprint density at radius 2 is 2.16 bits per heavy atom. The van der Waals surface area contributed by atoms with Crippen LogP contribution in [0.3, 0.4) is 0 Å². The molecule has 0 aliphatic rings. The van der Waals surface area contributed by atoms with E-state index in [1.165, 1.54) is 24.3 Å². The summed E-state index contributed by atoms with van der Waals surface area (Å²) in [5.41, 5.74) is 4.35. The molecule has 7 nitrogen and oxygen atoms in total. The Balaban J connectivity index is 0.00000324. The Bertz CT molecular complexity index is 486. The molecule has 0 aromatic heterocycles. The van der Waals surface area contributed by atoms with Gasteiger partial charge in [-0.2, -0.15) is 0 Å². The summed E-state index contributed by atoms with van der Waals surface area (Å²) in [6.45, 7) is -0.313. The van der Waals surface area contributed by atoms with Crippen molar-refractivity contribution in [2.24, 2.45) is 0 Å². The van der Waals surface area contributed by atoms with Crippen LogP contribution in [0.15, 0.2) is 24.3 Å². The summed E-state index contributed by atoms with van der Waals surface area (Å²) >= 11 is 9.02. The molecule has 0 saturated carbocycles. The van der Waals surface area contributed by atoms with Gasteiger partial charge in [0, 0.05) is 6.07 Å². The summed E-state index contributed by atoms with van der Waals surface area (Å²) in [5, 5.41) is 10.5. The minimum Gasteiger partial charge on any atom is -0.483 e. The molecule has 0 atom stereocenters. The number of rotatable bonds is 4. The molecule has 0 fully saturated rings. The second-order valence-corrected chi connectivity index (χ2v) is 4.08. The van der Waals surface area contributed by atoms with Crippen LogP contribution in [0.1, 0.15) is 0 Å². The second-order valence-electron chi connectivity index (χ2n) is 3.00. The number of amides is 1. The molecule has 0 bridgehead atoms. The molecule has 10 heteroatoms. The Morgan fingerprint density at radius 1 is 1.47 bits per heavy atom. The van der Waals surface area contributed by atoms with Crippen molar-refractivity contribution < 1.29 is 65.8 Å². The van der Waals surface area contributed by atoms with Crippen LogP contribution in [-0.4, -0.2) is 21.8 Å². The molecule has 1 aromatic carbocycles. The number of thiocarbonyl (C=S) groups is 1. The maximum absolute atomic E-state index is 11.2. The number of carbonyl (C=O) groups is 1. The zero-order valence-corrected chi connectivity index (χ0v) is 14.7. The third-order valence-electron chi connectivity index (χ3n) is 1.70. The van der Waals surface area contributed by atoms with E-state index >= 15 is 0 Å². The van der Waals surface area contributed by atoms with Crippen LogP contribution in [0.5, 0.6) is 5.75 Å². The van der Waals surface area contributed by atoms with Gasteiger partial charge in [0.2, 0.25) is 0 Å². The molecule has 2 N–H and O–H groups in total. The van der Waals surface area contributed by atoms with Gasteiger partial charge in [0.1, 0.15) is 5.75 Å². The molecule has 0 aliphatic carbocycles. The second kappa shape index (κ2) is 9.53. The Morgan fingerprint density at radius 3 is 2.74 bits per heavy atom. The van der Waals surface area contributed by atoms with Crippen LogP contribution in [0.2, 0.25) is 0 Å². The van der Waals surface area contributed by atoms with E-state index in [1.54, 1.807) is 0 Å². The van der Waals surface area contributed by atoms with Crippen molar-refractivity contribution in [3.63, 3.8) is 0 Å². The van der Waals surface area contributed by atoms with E-state index in [2.05, 4.69) is 35.7 Å². The first-order valence-corrected chi connectivity index (χ1v) is 5.44. The maximum Gasteiger partial charge on any atom is 1.00 e. The number of nitro benzene ring substituents is 1. The van der Waals surface area contributed by atoms with E-state index in [-0.39, 0.29) is 73.7 Å². The topological polar surface area (TPSA) is 93.5 Å². The third kappa shape index (κ3) is 7.72. The first-order valence-electron chi connectivity index (χ1n) is 4.62. The van der Waals surface area contributed by atoms with E-state index in [4.69, 9.17) is 4.74 Å². The van der Waals surface area contributed by atoms with Crippen molar-refractivity contribution in [2.75, 3.05) is 6.61 Å². The van der Waals surface area contributed by atoms with Gasteiger partial charge in [-0.05, 0) is 10.4 Å². The fraction of sp³-hybridized carbons (Fsp3) is 0.111. The molecule has 0 aliphatic heterocycles. The molecule has 1 rings (SSSR count). The summed E-state index contributed by atoms with van der Waals surface area (Å²) in [6.07, 6.45) is 0. The summed E-state index contributed by atoms with van der Waals surface area (Å²) in [7, 11) is 0. The minimum absolute atomic E-state index is 0. The zero-order chi connectivity index (χ0) is 13.5. The number of carbonyl (C=O) groups excluding carboxylic acids is 1. The Labute approximate surface area is 162 Å². The van der Waals surface area contributed by atoms with Crippen LogP contribution in [-0.2, 0) is 17.4 Å². The predicted molar refractivity (Wildman–Crippen MR) is 69.8 cm³/mol. The summed E-state index contributed by atoms with van der Waals surface area (Å²) in [6, 6.07) is 5.51. The number of nitrogens with one attached hydrogen (secondary N) is 2. The van der Waals surface area contributed by atoms with Gasteiger partial charge in [-0.3, -0.25) is 20.3 Å². The van der Waals surface area contributed by atoms with Gasteiger partial charge in [-0.25, -0.2) is 0 Å². The fourth-order valence-corrected chi connectivity index (χ4v) is 1.09. The number of ether oxygens (including phenoxy) is 1. The SMILES string of the molecule is O=C(COc1cccc([N+](=O)[O-])c1)NNC(=S)[S-].[K+]. The van der Waals surface area contributed by atoms with Crippen LogP contribution in [0, 0.1) is 10.1 Å². The largest absolute Gasteiger partial charge is 1.00 e. The number of hydrogen-bond donors (Lipinski definition) is 2. The minimum atomic E-state index is -0.551. The molecule has 0 radical (unpaired) electrons. The van der Waals surface area contributed by atoms with Gasteiger partial charge in [0.25, 0.3) is 11.6 Å². The smallest absolute Gasteiger partial charge is 0.483 e. The van der Waals surface area contributed by atoms with Crippen molar-refractivity contribution in [3.8, 4) is 5.75 Å². The summed E-state index contributed by atoms with van der Waals surface area (Å²) < 4.78 is 5.06. The summed E-state index contributed by atoms with van der Waals surface area (Å²) in [5.74, 6) is -0.283. The van der Waals surface area contributed by atoms with E-state index < -0.39 is 10.8 Å². The molecule has 0 unspecified atom stereocenters. The molecule has 0 heterocycles. The van der Waals surface area contributed by atoms with E-state index in [0.29, 0.717) is 0 Å². The van der Waals surface area contributed by atoms with Gasteiger partial charge in [-0.15, -0.1) is 0 Å². The standard InChI is InChI=1S/C9H9N3O4S2.K/c13-8(10-11-9(17)18)5-16-7-3-1-2-6(4-7)12(14)15;/h1-4H,5H2,(H,10,13)(H2,11,17,18);/q;+1/p-1. The van der Waals surface area contributed by atoms with Gasteiger partial charge in [-0.1, -0.05) is 6.07 Å². The van der Waals surface area contributed by atoms with Crippen molar-refractivity contribution in [1.29, 1.82) is 0 Å². The van der Waals surface area contributed by atoms with Crippen molar-refractivity contribution in [2.45, 2.75) is 0 Å². The fourth-order valence-electron chi connectivity index (χ4n) is 0.993. The average Bonchev–Trinajstić information content (AvgIpc) is 2.34. The van der Waals surface area contributed by atoms with Crippen molar-refractivity contribution >= 4 is 40.8 Å². The molecule has 1 amide bonds. The number of benzene rings is 1. The zero-order valence-electron chi connectivity index (χ0n) is 9.91. The summed E-state index contributed by atoms with van der Waals surface area (Å²) in [4.78, 5) is 21.2. The number of hydrazine groups is 1. The quantitative estimate of drug-likeness (QED) is 0.207. The van der Waals surface area contributed by atoms with Gasteiger partial charge >= 0.3 is 51.4 Å². The van der Waals surface area contributed by atoms with E-state index in [1.807, 2.05) is 0 Å². The van der Waals surface area contributed by atoms with E-state index in [9.17, 15) is 14.9 Å². The van der Waals surface area contributed by atoms with Gasteiger partial charge < -0.3 is 35.0 Å². The Kier molecular flexibility index (Phi) is 9.34. The average molecular weight is 325 g/mol. The molecule has 1 aromatic rings. The molecular weight excluding hydrogens is 317 g/mol. The predicted octanol–water partition coefficient (Wildman–Crippen LogP) is -2.57. The van der Waals surface area contributed by atoms with Gasteiger partial charge in [0.15, 0.2) is 6.61 Å². The number of hydrogen-bond acceptors (Lipinski definition) is 6.